The predicted octanol–water partition coefficient (Wildman–Crippen LogP) is 1.65. The van der Waals surface area contributed by atoms with Crippen molar-refractivity contribution in [3.63, 3.8) is 0 Å². The second-order valence-electron chi connectivity index (χ2n) is 5.06. The fraction of sp³-hybridized carbons (Fsp3) is 0.375. The molecule has 4 nitrogen and oxygen atoms in total. The summed E-state index contributed by atoms with van der Waals surface area (Å²) in [6.45, 7) is -0.322. The predicted molar refractivity (Wildman–Crippen MR) is 75.0 cm³/mol. The van der Waals surface area contributed by atoms with Crippen LogP contribution in [-0.2, 0) is 15.0 Å². The Bertz CT molecular complexity index is 541. The van der Waals surface area contributed by atoms with Crippen LogP contribution < -0.4 is 0 Å². The molecule has 1 aliphatic rings. The van der Waals surface area contributed by atoms with Gasteiger partial charge in [0, 0.05) is 0 Å². The molecule has 1 aromatic rings. The van der Waals surface area contributed by atoms with Crippen molar-refractivity contribution >= 4 is 11.9 Å². The third kappa shape index (κ3) is 2.53. The molecule has 1 aliphatic carbocycles. The molecule has 0 aromatic heterocycles. The first-order valence-corrected chi connectivity index (χ1v) is 6.60. The number of nitrogens with zero attached hydrogens (tertiary/aromatic N) is 1. The molecule has 0 bridgehead atoms. The smallest absolute Gasteiger partial charge is 0.323 e. The Morgan fingerprint density at radius 3 is 2.40 bits per heavy atom. The second kappa shape index (κ2) is 5.79. The van der Waals surface area contributed by atoms with Gasteiger partial charge >= 0.3 is 5.97 Å². The zero-order chi connectivity index (χ0) is 14.6. The van der Waals surface area contributed by atoms with Crippen molar-refractivity contribution in [2.24, 2.45) is 0 Å². The largest absolute Gasteiger partial charge is 0.480 e. The van der Waals surface area contributed by atoms with E-state index in [1.165, 1.54) is 4.90 Å². The zero-order valence-electron chi connectivity index (χ0n) is 11.2. The Hall–Kier alpha value is -2.28. The normalized spacial score (nSPS) is 15.8. The third-order valence-electron chi connectivity index (χ3n) is 3.84. The van der Waals surface area contributed by atoms with Gasteiger partial charge in [-0.05, 0) is 18.4 Å². The molecule has 0 aliphatic heterocycles. The van der Waals surface area contributed by atoms with Gasteiger partial charge in [-0.1, -0.05) is 42.7 Å². The molecule has 0 atom stereocenters. The van der Waals surface area contributed by atoms with Gasteiger partial charge in [-0.3, -0.25) is 9.59 Å². The van der Waals surface area contributed by atoms with Gasteiger partial charge in [-0.2, -0.15) is 0 Å². The third-order valence-corrected chi connectivity index (χ3v) is 3.84. The molecule has 2 rings (SSSR count). The van der Waals surface area contributed by atoms with E-state index in [-0.39, 0.29) is 19.0 Å². The number of terminal acetylenes is 1. The molecule has 0 radical (unpaired) electrons. The van der Waals surface area contributed by atoms with Crippen LogP contribution in [0.25, 0.3) is 0 Å². The number of hydrogen-bond donors (Lipinski definition) is 1. The van der Waals surface area contributed by atoms with Crippen molar-refractivity contribution in [2.75, 3.05) is 13.1 Å². The molecule has 1 fully saturated rings. The maximum atomic E-state index is 12.7. The van der Waals surface area contributed by atoms with Gasteiger partial charge in [0.2, 0.25) is 5.91 Å². The van der Waals surface area contributed by atoms with E-state index >= 15 is 0 Å². The second-order valence-corrected chi connectivity index (χ2v) is 5.06. The Balaban J connectivity index is 2.28. The Labute approximate surface area is 118 Å². The Morgan fingerprint density at radius 1 is 1.30 bits per heavy atom. The van der Waals surface area contributed by atoms with Crippen LogP contribution in [0.15, 0.2) is 30.3 Å². The average Bonchev–Trinajstić information content (AvgIpc) is 2.37. The lowest BCUT2D eigenvalue weighted by atomic mass is 9.63. The van der Waals surface area contributed by atoms with Crippen molar-refractivity contribution in [2.45, 2.75) is 24.7 Å². The van der Waals surface area contributed by atoms with Crippen molar-refractivity contribution < 1.29 is 14.7 Å². The topological polar surface area (TPSA) is 57.6 Å². The monoisotopic (exact) mass is 271 g/mol. The Kier molecular flexibility index (Phi) is 4.09. The van der Waals surface area contributed by atoms with Crippen molar-refractivity contribution in [3.8, 4) is 12.3 Å². The quantitative estimate of drug-likeness (QED) is 0.828. The number of amides is 1. The highest BCUT2D eigenvalue weighted by atomic mass is 16.4. The molecule has 0 spiro atoms. The maximum absolute atomic E-state index is 12.7. The van der Waals surface area contributed by atoms with Crippen LogP contribution in [0.5, 0.6) is 0 Å². The van der Waals surface area contributed by atoms with E-state index < -0.39 is 11.4 Å². The van der Waals surface area contributed by atoms with Crippen LogP contribution in [0, 0.1) is 12.3 Å². The minimum absolute atomic E-state index is 0.0275. The van der Waals surface area contributed by atoms with E-state index in [2.05, 4.69) is 5.92 Å². The van der Waals surface area contributed by atoms with Crippen LogP contribution >= 0.6 is 0 Å². The number of hydrogen-bond acceptors (Lipinski definition) is 2. The highest BCUT2D eigenvalue weighted by Gasteiger charge is 2.47. The highest BCUT2D eigenvalue weighted by molar-refractivity contribution is 5.91. The summed E-state index contributed by atoms with van der Waals surface area (Å²) in [5, 5.41) is 8.92. The van der Waals surface area contributed by atoms with E-state index in [0.717, 1.165) is 24.8 Å². The van der Waals surface area contributed by atoms with Gasteiger partial charge in [-0.15, -0.1) is 6.42 Å². The first kappa shape index (κ1) is 14.1. The van der Waals surface area contributed by atoms with Gasteiger partial charge in [-0.25, -0.2) is 0 Å². The summed E-state index contributed by atoms with van der Waals surface area (Å²) in [5.41, 5.74) is 0.358. The fourth-order valence-electron chi connectivity index (χ4n) is 2.69. The molecule has 1 amide bonds. The van der Waals surface area contributed by atoms with E-state index in [4.69, 9.17) is 11.5 Å². The molecular formula is C16H17NO3. The zero-order valence-corrected chi connectivity index (χ0v) is 11.2. The summed E-state index contributed by atoms with van der Waals surface area (Å²) in [7, 11) is 0. The lowest BCUT2D eigenvalue weighted by molar-refractivity contribution is -0.148. The van der Waals surface area contributed by atoms with E-state index in [0.29, 0.717) is 0 Å². The molecule has 0 saturated heterocycles. The molecule has 0 heterocycles. The number of carboxylic acid groups (broad SMARTS) is 1. The highest BCUT2D eigenvalue weighted by Crippen LogP contribution is 2.45. The van der Waals surface area contributed by atoms with Crippen LogP contribution in [0.3, 0.4) is 0 Å². The number of benzene rings is 1. The van der Waals surface area contributed by atoms with E-state index in [1.807, 2.05) is 30.3 Å². The lowest BCUT2D eigenvalue weighted by Gasteiger charge is -2.43. The maximum Gasteiger partial charge on any atom is 0.323 e. The van der Waals surface area contributed by atoms with Crippen LogP contribution in [0.4, 0.5) is 0 Å². The number of carbonyl (C=O) groups excluding carboxylic acids is 1. The molecule has 1 saturated carbocycles. The van der Waals surface area contributed by atoms with Gasteiger partial charge < -0.3 is 10.0 Å². The van der Waals surface area contributed by atoms with E-state index in [9.17, 15) is 9.59 Å². The summed E-state index contributed by atoms with van der Waals surface area (Å²) in [6, 6.07) is 9.53. The SMILES string of the molecule is C#CCN(CC(=O)O)C(=O)C1(c2ccccc2)CCC1. The fourth-order valence-corrected chi connectivity index (χ4v) is 2.69. The lowest BCUT2D eigenvalue weighted by Crippen LogP contribution is -2.52. The minimum Gasteiger partial charge on any atom is -0.480 e. The minimum atomic E-state index is -1.05. The molecular weight excluding hydrogens is 254 g/mol. The summed E-state index contributed by atoms with van der Waals surface area (Å²) in [6.07, 6.45) is 7.71. The number of carboxylic acids is 1. The molecule has 1 N–H and O–H groups in total. The summed E-state index contributed by atoms with van der Waals surface area (Å²) in [5.74, 6) is 1.15. The molecule has 1 aromatic carbocycles. The molecule has 20 heavy (non-hydrogen) atoms. The van der Waals surface area contributed by atoms with Crippen LogP contribution in [0.1, 0.15) is 24.8 Å². The molecule has 0 unspecified atom stereocenters. The average molecular weight is 271 g/mol. The standard InChI is InChI=1S/C16H17NO3/c1-2-11-17(12-14(18)19)15(20)16(9-6-10-16)13-7-4-3-5-8-13/h1,3-5,7-8H,6,9-12H2,(H,18,19). The summed E-state index contributed by atoms with van der Waals surface area (Å²) in [4.78, 5) is 24.9. The van der Waals surface area contributed by atoms with E-state index in [1.54, 1.807) is 0 Å². The van der Waals surface area contributed by atoms with Gasteiger partial charge in [0.1, 0.15) is 6.54 Å². The summed E-state index contributed by atoms with van der Waals surface area (Å²) < 4.78 is 0. The van der Waals surface area contributed by atoms with Crippen LogP contribution in [0.2, 0.25) is 0 Å². The van der Waals surface area contributed by atoms with Crippen molar-refractivity contribution in [1.29, 1.82) is 0 Å². The number of aliphatic carboxylic acids is 1. The Morgan fingerprint density at radius 2 is 1.95 bits per heavy atom. The number of carbonyl (C=O) groups is 2. The van der Waals surface area contributed by atoms with Gasteiger partial charge in [0.05, 0.1) is 12.0 Å². The van der Waals surface area contributed by atoms with Crippen LogP contribution in [-0.4, -0.2) is 35.0 Å². The number of rotatable bonds is 5. The summed E-state index contributed by atoms with van der Waals surface area (Å²) >= 11 is 0. The first-order valence-electron chi connectivity index (χ1n) is 6.60. The van der Waals surface area contributed by atoms with Gasteiger partial charge in [0.15, 0.2) is 0 Å². The first-order chi connectivity index (χ1) is 9.60. The van der Waals surface area contributed by atoms with Crippen molar-refractivity contribution in [1.82, 2.24) is 4.90 Å². The molecule has 104 valence electrons. The van der Waals surface area contributed by atoms with Gasteiger partial charge in [0.25, 0.3) is 0 Å². The van der Waals surface area contributed by atoms with Crippen molar-refractivity contribution in [3.05, 3.63) is 35.9 Å². The molecule has 4 heteroatoms.